The predicted octanol–water partition coefficient (Wildman–Crippen LogP) is 1.92. The number of nitrogens with one attached hydrogen (secondary N) is 1. The number of benzene rings is 1. The van der Waals surface area contributed by atoms with Gasteiger partial charge in [-0.25, -0.2) is 0 Å². The number of carbonyl (C=O) groups excluding carboxylic acids is 1. The molecular formula is C16H16N2O2. The number of amides is 1. The van der Waals surface area contributed by atoms with Gasteiger partial charge < -0.3 is 10.1 Å². The van der Waals surface area contributed by atoms with E-state index < -0.39 is 0 Å². The summed E-state index contributed by atoms with van der Waals surface area (Å²) in [7, 11) is 0. The SMILES string of the molecule is O=C(Cc1cccnc1)NC[C@@H]1COc2ccccc21. The number of fused-ring (bicyclic) bond motifs is 1. The van der Waals surface area contributed by atoms with Gasteiger partial charge in [-0.1, -0.05) is 24.3 Å². The number of para-hydroxylation sites is 1. The minimum atomic E-state index is 0.0161. The van der Waals surface area contributed by atoms with E-state index in [4.69, 9.17) is 4.74 Å². The molecule has 1 aliphatic rings. The summed E-state index contributed by atoms with van der Waals surface area (Å²) < 4.78 is 5.60. The van der Waals surface area contributed by atoms with Gasteiger partial charge in [-0.15, -0.1) is 0 Å². The molecule has 102 valence electrons. The molecule has 0 aliphatic carbocycles. The van der Waals surface area contributed by atoms with E-state index in [1.54, 1.807) is 12.4 Å². The highest BCUT2D eigenvalue weighted by Gasteiger charge is 2.23. The molecule has 1 amide bonds. The highest BCUT2D eigenvalue weighted by molar-refractivity contribution is 5.78. The molecule has 0 fully saturated rings. The average molecular weight is 268 g/mol. The van der Waals surface area contributed by atoms with Gasteiger partial charge in [0.15, 0.2) is 0 Å². The minimum Gasteiger partial charge on any atom is -0.493 e. The molecule has 1 aliphatic heterocycles. The van der Waals surface area contributed by atoms with Crippen LogP contribution in [-0.4, -0.2) is 24.0 Å². The smallest absolute Gasteiger partial charge is 0.224 e. The Balaban J connectivity index is 1.54. The fourth-order valence-corrected chi connectivity index (χ4v) is 2.39. The molecule has 0 radical (unpaired) electrons. The third-order valence-corrected chi connectivity index (χ3v) is 3.43. The summed E-state index contributed by atoms with van der Waals surface area (Å²) in [5.74, 6) is 1.19. The monoisotopic (exact) mass is 268 g/mol. The van der Waals surface area contributed by atoms with Gasteiger partial charge in [-0.05, 0) is 17.7 Å². The van der Waals surface area contributed by atoms with Crippen molar-refractivity contribution in [2.45, 2.75) is 12.3 Å². The van der Waals surface area contributed by atoms with Crippen LogP contribution in [0.4, 0.5) is 0 Å². The zero-order valence-electron chi connectivity index (χ0n) is 11.1. The first-order valence-electron chi connectivity index (χ1n) is 6.70. The van der Waals surface area contributed by atoms with Crippen LogP contribution in [0, 0.1) is 0 Å². The first-order valence-corrected chi connectivity index (χ1v) is 6.70. The Hall–Kier alpha value is -2.36. The molecule has 2 aromatic rings. The van der Waals surface area contributed by atoms with E-state index in [-0.39, 0.29) is 11.8 Å². The lowest BCUT2D eigenvalue weighted by Crippen LogP contribution is -2.30. The Kier molecular flexibility index (Phi) is 3.63. The maximum Gasteiger partial charge on any atom is 0.224 e. The fourth-order valence-electron chi connectivity index (χ4n) is 2.39. The molecule has 0 saturated heterocycles. The van der Waals surface area contributed by atoms with Crippen molar-refractivity contribution in [3.05, 3.63) is 59.9 Å². The minimum absolute atomic E-state index is 0.0161. The maximum atomic E-state index is 11.9. The Labute approximate surface area is 117 Å². The summed E-state index contributed by atoms with van der Waals surface area (Å²) in [4.78, 5) is 15.9. The van der Waals surface area contributed by atoms with Crippen molar-refractivity contribution in [2.24, 2.45) is 0 Å². The molecule has 0 unspecified atom stereocenters. The quantitative estimate of drug-likeness (QED) is 0.921. The number of ether oxygens (including phenoxy) is 1. The molecule has 1 N–H and O–H groups in total. The van der Waals surface area contributed by atoms with Gasteiger partial charge in [0.2, 0.25) is 5.91 Å². The normalized spacial score (nSPS) is 16.3. The van der Waals surface area contributed by atoms with Crippen LogP contribution in [-0.2, 0) is 11.2 Å². The molecule has 2 heterocycles. The molecule has 4 nitrogen and oxygen atoms in total. The molecule has 0 spiro atoms. The highest BCUT2D eigenvalue weighted by Crippen LogP contribution is 2.32. The van der Waals surface area contributed by atoms with Crippen LogP contribution in [0.5, 0.6) is 5.75 Å². The van der Waals surface area contributed by atoms with Gasteiger partial charge in [0.25, 0.3) is 0 Å². The van der Waals surface area contributed by atoms with Gasteiger partial charge in [0, 0.05) is 30.4 Å². The second-order valence-electron chi connectivity index (χ2n) is 4.89. The first kappa shape index (κ1) is 12.7. The summed E-state index contributed by atoms with van der Waals surface area (Å²) in [5, 5.41) is 2.97. The van der Waals surface area contributed by atoms with Gasteiger partial charge in [-0.2, -0.15) is 0 Å². The van der Waals surface area contributed by atoms with Gasteiger partial charge in [0.05, 0.1) is 13.0 Å². The van der Waals surface area contributed by atoms with Crippen LogP contribution in [0.25, 0.3) is 0 Å². The van der Waals surface area contributed by atoms with Crippen molar-refractivity contribution in [3.8, 4) is 5.75 Å². The third-order valence-electron chi connectivity index (χ3n) is 3.43. The summed E-state index contributed by atoms with van der Waals surface area (Å²) in [6.07, 6.45) is 3.78. The highest BCUT2D eigenvalue weighted by atomic mass is 16.5. The van der Waals surface area contributed by atoms with E-state index in [2.05, 4.69) is 16.4 Å². The number of nitrogens with zero attached hydrogens (tertiary/aromatic N) is 1. The Morgan fingerprint density at radius 2 is 2.20 bits per heavy atom. The Bertz CT molecular complexity index is 598. The Morgan fingerprint density at radius 3 is 3.05 bits per heavy atom. The molecule has 1 aromatic heterocycles. The summed E-state index contributed by atoms with van der Waals surface area (Å²) in [6, 6.07) is 11.7. The summed E-state index contributed by atoms with van der Waals surface area (Å²) in [5.41, 5.74) is 2.10. The van der Waals surface area contributed by atoms with E-state index in [1.165, 1.54) is 5.56 Å². The first-order chi connectivity index (χ1) is 9.83. The molecular weight excluding hydrogens is 252 g/mol. The van der Waals surface area contributed by atoms with E-state index >= 15 is 0 Å². The second kappa shape index (κ2) is 5.74. The second-order valence-corrected chi connectivity index (χ2v) is 4.89. The molecule has 20 heavy (non-hydrogen) atoms. The maximum absolute atomic E-state index is 11.9. The Morgan fingerprint density at radius 1 is 1.30 bits per heavy atom. The van der Waals surface area contributed by atoms with Crippen LogP contribution in [0.1, 0.15) is 17.0 Å². The van der Waals surface area contributed by atoms with Crippen molar-refractivity contribution in [1.82, 2.24) is 10.3 Å². The van der Waals surface area contributed by atoms with E-state index in [0.717, 1.165) is 11.3 Å². The number of carbonyl (C=O) groups is 1. The topological polar surface area (TPSA) is 51.2 Å². The van der Waals surface area contributed by atoms with Crippen LogP contribution in [0.3, 0.4) is 0 Å². The number of pyridine rings is 1. The van der Waals surface area contributed by atoms with Gasteiger partial charge in [0.1, 0.15) is 5.75 Å². The largest absolute Gasteiger partial charge is 0.493 e. The number of hydrogen-bond donors (Lipinski definition) is 1. The number of rotatable bonds is 4. The summed E-state index contributed by atoms with van der Waals surface area (Å²) >= 11 is 0. The number of aromatic nitrogens is 1. The van der Waals surface area contributed by atoms with Crippen LogP contribution >= 0.6 is 0 Å². The lowest BCUT2D eigenvalue weighted by Gasteiger charge is -2.10. The lowest BCUT2D eigenvalue weighted by atomic mass is 10.0. The standard InChI is InChI=1S/C16H16N2O2/c19-16(8-12-4-3-7-17-9-12)18-10-13-11-20-15-6-2-1-5-14(13)15/h1-7,9,13H,8,10-11H2,(H,18,19)/t13-/m1/s1. The van der Waals surface area contributed by atoms with Crippen LogP contribution < -0.4 is 10.1 Å². The molecule has 3 rings (SSSR count). The van der Waals surface area contributed by atoms with Gasteiger partial charge in [-0.3, -0.25) is 9.78 Å². The van der Waals surface area contributed by atoms with Crippen LogP contribution in [0.15, 0.2) is 48.8 Å². The van der Waals surface area contributed by atoms with E-state index in [0.29, 0.717) is 19.6 Å². The lowest BCUT2D eigenvalue weighted by molar-refractivity contribution is -0.120. The van der Waals surface area contributed by atoms with Crippen molar-refractivity contribution < 1.29 is 9.53 Å². The van der Waals surface area contributed by atoms with Crippen molar-refractivity contribution in [3.63, 3.8) is 0 Å². The van der Waals surface area contributed by atoms with Crippen molar-refractivity contribution >= 4 is 5.91 Å². The molecule has 1 atom stereocenters. The van der Waals surface area contributed by atoms with Crippen LogP contribution in [0.2, 0.25) is 0 Å². The van der Waals surface area contributed by atoms with E-state index in [9.17, 15) is 4.79 Å². The zero-order valence-corrected chi connectivity index (χ0v) is 11.1. The fraction of sp³-hybridized carbons (Fsp3) is 0.250. The molecule has 0 saturated carbocycles. The van der Waals surface area contributed by atoms with Crippen molar-refractivity contribution in [1.29, 1.82) is 0 Å². The summed E-state index contributed by atoms with van der Waals surface area (Å²) in [6.45, 7) is 1.24. The van der Waals surface area contributed by atoms with Gasteiger partial charge >= 0.3 is 0 Å². The molecule has 1 aromatic carbocycles. The van der Waals surface area contributed by atoms with Crippen molar-refractivity contribution in [2.75, 3.05) is 13.2 Å². The number of hydrogen-bond acceptors (Lipinski definition) is 3. The predicted molar refractivity (Wildman–Crippen MR) is 75.6 cm³/mol. The zero-order chi connectivity index (χ0) is 13.8. The molecule has 4 heteroatoms. The molecule has 0 bridgehead atoms. The van der Waals surface area contributed by atoms with E-state index in [1.807, 2.05) is 30.3 Å². The third kappa shape index (κ3) is 2.79. The average Bonchev–Trinajstić information content (AvgIpc) is 2.89.